The highest BCUT2D eigenvalue weighted by molar-refractivity contribution is 5.53. The highest BCUT2D eigenvalue weighted by Crippen LogP contribution is 2.16. The minimum absolute atomic E-state index is 0.110. The summed E-state index contributed by atoms with van der Waals surface area (Å²) in [5.41, 5.74) is 7.27. The highest BCUT2D eigenvalue weighted by Gasteiger charge is 2.14. The molecule has 0 fully saturated rings. The lowest BCUT2D eigenvalue weighted by Gasteiger charge is -2.03. The smallest absolute Gasteiger partial charge is 0.127 e. The fraction of sp³-hybridized carbons (Fsp3) is 0.333. The molecular formula is C9H12N4O. The molecule has 0 spiro atoms. The number of aromatic nitrogens is 3. The van der Waals surface area contributed by atoms with Crippen molar-refractivity contribution in [1.82, 2.24) is 14.6 Å². The van der Waals surface area contributed by atoms with Gasteiger partial charge in [0, 0.05) is 6.20 Å². The summed E-state index contributed by atoms with van der Waals surface area (Å²) in [6.45, 7) is 1.74. The van der Waals surface area contributed by atoms with Gasteiger partial charge in [-0.3, -0.25) is 0 Å². The zero-order chi connectivity index (χ0) is 10.1. The number of aryl methyl sites for hydroxylation is 1. The number of hydrogen-bond donors (Lipinski definition) is 2. The van der Waals surface area contributed by atoms with Gasteiger partial charge in [0.05, 0.1) is 23.9 Å². The van der Waals surface area contributed by atoms with Crippen molar-refractivity contribution in [2.24, 2.45) is 5.73 Å². The number of aliphatic hydroxyl groups excluding tert-OH is 1. The average Bonchev–Trinajstić information content (AvgIpc) is 2.56. The van der Waals surface area contributed by atoms with Gasteiger partial charge in [-0.05, 0) is 19.1 Å². The molecule has 1 unspecified atom stereocenters. The van der Waals surface area contributed by atoms with Crippen LogP contribution in [0.2, 0.25) is 0 Å². The molecule has 0 aromatic carbocycles. The maximum Gasteiger partial charge on any atom is 0.127 e. The topological polar surface area (TPSA) is 76.4 Å². The first-order valence-corrected chi connectivity index (χ1v) is 4.40. The number of aliphatic hydroxyl groups is 1. The van der Waals surface area contributed by atoms with Gasteiger partial charge in [0.25, 0.3) is 0 Å². The molecule has 0 radical (unpaired) electrons. The molecule has 0 amide bonds. The molecule has 74 valence electrons. The van der Waals surface area contributed by atoms with E-state index >= 15 is 0 Å². The summed E-state index contributed by atoms with van der Waals surface area (Å²) in [5, 5.41) is 13.1. The fourth-order valence-electron chi connectivity index (χ4n) is 1.46. The van der Waals surface area contributed by atoms with Crippen LogP contribution in [0.1, 0.15) is 17.6 Å². The summed E-state index contributed by atoms with van der Waals surface area (Å²) in [5.74, 6) is 0.777. The van der Waals surface area contributed by atoms with Gasteiger partial charge >= 0.3 is 0 Å². The molecule has 5 nitrogen and oxygen atoms in total. The van der Waals surface area contributed by atoms with Crippen LogP contribution in [-0.4, -0.2) is 26.3 Å². The van der Waals surface area contributed by atoms with E-state index in [2.05, 4.69) is 10.1 Å². The Kier molecular flexibility index (Phi) is 2.18. The molecule has 2 aromatic rings. The summed E-state index contributed by atoms with van der Waals surface area (Å²) in [7, 11) is 0. The molecule has 2 aromatic heterocycles. The second kappa shape index (κ2) is 3.36. The number of nitrogens with two attached hydrogens (primary N) is 1. The molecular weight excluding hydrogens is 180 g/mol. The SMILES string of the molecule is Cc1nc(C(N)CO)c2cccnn12. The van der Waals surface area contributed by atoms with E-state index in [1.54, 1.807) is 10.7 Å². The first kappa shape index (κ1) is 9.11. The van der Waals surface area contributed by atoms with Crippen molar-refractivity contribution in [3.8, 4) is 0 Å². The molecule has 0 aliphatic rings. The predicted octanol–water partition coefficient (Wildman–Crippen LogP) is 0.0298. The van der Waals surface area contributed by atoms with E-state index in [1.807, 2.05) is 19.1 Å². The largest absolute Gasteiger partial charge is 0.394 e. The van der Waals surface area contributed by atoms with Crippen LogP contribution in [0.5, 0.6) is 0 Å². The van der Waals surface area contributed by atoms with Crippen molar-refractivity contribution in [3.63, 3.8) is 0 Å². The van der Waals surface area contributed by atoms with Crippen molar-refractivity contribution in [2.45, 2.75) is 13.0 Å². The average molecular weight is 192 g/mol. The molecule has 0 saturated heterocycles. The molecule has 0 bridgehead atoms. The van der Waals surface area contributed by atoms with Gasteiger partial charge in [-0.1, -0.05) is 0 Å². The molecule has 1 atom stereocenters. The van der Waals surface area contributed by atoms with Crippen LogP contribution < -0.4 is 5.73 Å². The first-order chi connectivity index (χ1) is 6.74. The van der Waals surface area contributed by atoms with E-state index in [4.69, 9.17) is 10.8 Å². The third-order valence-electron chi connectivity index (χ3n) is 2.15. The van der Waals surface area contributed by atoms with E-state index in [9.17, 15) is 0 Å². The predicted molar refractivity (Wildman–Crippen MR) is 51.7 cm³/mol. The molecule has 5 heteroatoms. The van der Waals surface area contributed by atoms with Crippen LogP contribution in [0.25, 0.3) is 5.52 Å². The van der Waals surface area contributed by atoms with Crippen molar-refractivity contribution in [3.05, 3.63) is 29.8 Å². The molecule has 2 rings (SSSR count). The van der Waals surface area contributed by atoms with Crippen molar-refractivity contribution in [1.29, 1.82) is 0 Å². The Bertz CT molecular complexity index is 451. The van der Waals surface area contributed by atoms with Crippen molar-refractivity contribution >= 4 is 5.52 Å². The van der Waals surface area contributed by atoms with E-state index in [1.165, 1.54) is 0 Å². The summed E-state index contributed by atoms with van der Waals surface area (Å²) in [6, 6.07) is 3.27. The molecule has 0 aliphatic heterocycles. The number of imidazole rings is 1. The molecule has 2 heterocycles. The fourth-order valence-corrected chi connectivity index (χ4v) is 1.46. The van der Waals surface area contributed by atoms with E-state index in [0.717, 1.165) is 11.3 Å². The Morgan fingerprint density at radius 3 is 3.14 bits per heavy atom. The Morgan fingerprint density at radius 2 is 2.43 bits per heavy atom. The van der Waals surface area contributed by atoms with Crippen LogP contribution in [0.15, 0.2) is 18.3 Å². The van der Waals surface area contributed by atoms with Crippen LogP contribution in [0.4, 0.5) is 0 Å². The third-order valence-corrected chi connectivity index (χ3v) is 2.15. The van der Waals surface area contributed by atoms with Crippen LogP contribution in [-0.2, 0) is 0 Å². The summed E-state index contributed by atoms with van der Waals surface area (Å²) in [4.78, 5) is 4.28. The standard InChI is InChI=1S/C9H12N4O/c1-6-12-9(7(10)5-14)8-3-2-4-11-13(6)8/h2-4,7,14H,5,10H2,1H3. The highest BCUT2D eigenvalue weighted by atomic mass is 16.3. The van der Waals surface area contributed by atoms with Gasteiger partial charge < -0.3 is 10.8 Å². The Hall–Kier alpha value is -1.46. The summed E-state index contributed by atoms with van der Waals surface area (Å²) >= 11 is 0. The lowest BCUT2D eigenvalue weighted by atomic mass is 10.2. The van der Waals surface area contributed by atoms with Gasteiger partial charge in [0.1, 0.15) is 5.82 Å². The minimum Gasteiger partial charge on any atom is -0.394 e. The second-order valence-corrected chi connectivity index (χ2v) is 3.15. The number of rotatable bonds is 2. The maximum atomic E-state index is 8.96. The quantitative estimate of drug-likeness (QED) is 0.703. The van der Waals surface area contributed by atoms with E-state index in [0.29, 0.717) is 5.69 Å². The Labute approximate surface area is 81.2 Å². The number of nitrogens with zero attached hydrogens (tertiary/aromatic N) is 3. The van der Waals surface area contributed by atoms with Gasteiger partial charge in [-0.15, -0.1) is 0 Å². The van der Waals surface area contributed by atoms with Gasteiger partial charge in [-0.25, -0.2) is 9.50 Å². The van der Waals surface area contributed by atoms with E-state index in [-0.39, 0.29) is 6.61 Å². The molecule has 14 heavy (non-hydrogen) atoms. The van der Waals surface area contributed by atoms with Crippen molar-refractivity contribution < 1.29 is 5.11 Å². The van der Waals surface area contributed by atoms with Gasteiger partial charge in [0.15, 0.2) is 0 Å². The zero-order valence-electron chi connectivity index (χ0n) is 7.88. The zero-order valence-corrected chi connectivity index (χ0v) is 7.88. The van der Waals surface area contributed by atoms with Crippen molar-refractivity contribution in [2.75, 3.05) is 6.61 Å². The normalized spacial score (nSPS) is 13.4. The first-order valence-electron chi connectivity index (χ1n) is 4.40. The van der Waals surface area contributed by atoms with Gasteiger partial charge in [-0.2, -0.15) is 5.10 Å². The second-order valence-electron chi connectivity index (χ2n) is 3.15. The number of hydrogen-bond acceptors (Lipinski definition) is 4. The van der Waals surface area contributed by atoms with Crippen LogP contribution in [0.3, 0.4) is 0 Å². The minimum atomic E-state index is -0.442. The van der Waals surface area contributed by atoms with E-state index < -0.39 is 6.04 Å². The lowest BCUT2D eigenvalue weighted by Crippen LogP contribution is -2.15. The van der Waals surface area contributed by atoms with Crippen LogP contribution >= 0.6 is 0 Å². The Morgan fingerprint density at radius 1 is 1.64 bits per heavy atom. The monoisotopic (exact) mass is 192 g/mol. The maximum absolute atomic E-state index is 8.96. The number of fused-ring (bicyclic) bond motifs is 1. The summed E-state index contributed by atoms with van der Waals surface area (Å²) in [6.07, 6.45) is 1.69. The molecule has 3 N–H and O–H groups in total. The van der Waals surface area contributed by atoms with Crippen LogP contribution in [0, 0.1) is 6.92 Å². The molecule has 0 saturated carbocycles. The molecule has 0 aliphatic carbocycles. The Balaban J connectivity index is 2.66. The van der Waals surface area contributed by atoms with Gasteiger partial charge in [0.2, 0.25) is 0 Å². The summed E-state index contributed by atoms with van der Waals surface area (Å²) < 4.78 is 1.71. The third kappa shape index (κ3) is 1.26. The lowest BCUT2D eigenvalue weighted by molar-refractivity contribution is 0.266.